The average Bonchev–Trinajstić information content (AvgIpc) is 2.62. The highest BCUT2D eigenvalue weighted by molar-refractivity contribution is 5.94. The van der Waals surface area contributed by atoms with Gasteiger partial charge in [-0.05, 0) is 81.0 Å². The predicted molar refractivity (Wildman–Crippen MR) is 106 cm³/mol. The number of carbonyl (C=O) groups excluding carboxylic acids is 1. The Morgan fingerprint density at radius 3 is 2.11 bits per heavy atom. The van der Waals surface area contributed by atoms with Crippen molar-refractivity contribution in [2.45, 2.75) is 48.1 Å². The van der Waals surface area contributed by atoms with Crippen LogP contribution in [0.15, 0.2) is 33.5 Å². The van der Waals surface area contributed by atoms with Crippen LogP contribution in [-0.2, 0) is 11.3 Å². The summed E-state index contributed by atoms with van der Waals surface area (Å²) in [6.07, 6.45) is 0. The lowest BCUT2D eigenvalue weighted by molar-refractivity contribution is 0.0472. The molecule has 0 saturated carbocycles. The molecule has 4 heteroatoms. The van der Waals surface area contributed by atoms with Crippen LogP contribution in [0, 0.1) is 41.5 Å². The molecule has 1 heterocycles. The van der Waals surface area contributed by atoms with Crippen molar-refractivity contribution in [3.8, 4) is 0 Å². The van der Waals surface area contributed by atoms with E-state index < -0.39 is 5.63 Å². The zero-order valence-electron chi connectivity index (χ0n) is 16.6. The van der Waals surface area contributed by atoms with E-state index in [-0.39, 0.29) is 12.6 Å². The Balaban J connectivity index is 1.96. The van der Waals surface area contributed by atoms with Crippen LogP contribution in [0.1, 0.15) is 49.3 Å². The number of esters is 1. The molecule has 0 spiro atoms. The molecule has 0 amide bonds. The fourth-order valence-corrected chi connectivity index (χ4v) is 3.48. The number of ether oxygens (including phenoxy) is 1. The number of aryl methyl sites for hydroxylation is 1. The maximum absolute atomic E-state index is 12.8. The molecule has 2 aromatic carbocycles. The number of hydrogen-bond acceptors (Lipinski definition) is 4. The molecule has 0 fully saturated rings. The van der Waals surface area contributed by atoms with Crippen molar-refractivity contribution in [2.24, 2.45) is 0 Å². The van der Waals surface area contributed by atoms with Gasteiger partial charge < -0.3 is 9.15 Å². The highest BCUT2D eigenvalue weighted by Crippen LogP contribution is 2.27. The third-order valence-electron chi connectivity index (χ3n) is 5.55. The Hall–Kier alpha value is -2.88. The highest BCUT2D eigenvalue weighted by atomic mass is 16.5. The first-order chi connectivity index (χ1) is 12.7. The predicted octanol–water partition coefficient (Wildman–Crippen LogP) is 5.00. The lowest BCUT2D eigenvalue weighted by atomic mass is 9.90. The third-order valence-corrected chi connectivity index (χ3v) is 5.55. The summed E-state index contributed by atoms with van der Waals surface area (Å²) in [5, 5.41) is 0.776. The molecule has 27 heavy (non-hydrogen) atoms. The maximum atomic E-state index is 12.8. The van der Waals surface area contributed by atoms with Gasteiger partial charge in [0.05, 0.1) is 5.56 Å². The number of hydrogen-bond donors (Lipinski definition) is 0. The second kappa shape index (κ2) is 7.03. The minimum absolute atomic E-state index is 0.0227. The summed E-state index contributed by atoms with van der Waals surface area (Å²) in [6.45, 7) is 11.9. The quantitative estimate of drug-likeness (QED) is 0.485. The molecule has 4 nitrogen and oxygen atoms in total. The Labute approximate surface area is 158 Å². The van der Waals surface area contributed by atoms with Gasteiger partial charge in [0, 0.05) is 17.0 Å². The van der Waals surface area contributed by atoms with Gasteiger partial charge in [-0.25, -0.2) is 9.59 Å². The summed E-state index contributed by atoms with van der Waals surface area (Å²) in [6, 6.07) is 7.02. The van der Waals surface area contributed by atoms with Crippen LogP contribution in [0.3, 0.4) is 0 Å². The SMILES string of the molecule is Cc1ccc2c(COC(=O)c3c(C)c(C)c(C)c(C)c3C)cc(=O)oc2c1. The van der Waals surface area contributed by atoms with Gasteiger partial charge in [-0.15, -0.1) is 0 Å². The number of rotatable bonds is 3. The standard InChI is InChI=1S/C23H24O4/c1-12-7-8-19-18(10-21(24)27-20(19)9-12)11-26-23(25)22-16(5)14(3)13(2)15(4)17(22)6/h7-10H,11H2,1-6H3. The Bertz CT molecular complexity index is 1090. The van der Waals surface area contributed by atoms with Crippen LogP contribution < -0.4 is 5.63 Å². The topological polar surface area (TPSA) is 56.5 Å². The summed E-state index contributed by atoms with van der Waals surface area (Å²) >= 11 is 0. The first-order valence-electron chi connectivity index (χ1n) is 8.98. The van der Waals surface area contributed by atoms with Gasteiger partial charge in [0.15, 0.2) is 0 Å². The van der Waals surface area contributed by atoms with Crippen LogP contribution in [0.2, 0.25) is 0 Å². The van der Waals surface area contributed by atoms with Crippen LogP contribution >= 0.6 is 0 Å². The summed E-state index contributed by atoms with van der Waals surface area (Å²) < 4.78 is 10.9. The lowest BCUT2D eigenvalue weighted by Crippen LogP contribution is -2.13. The molecule has 0 bridgehead atoms. The van der Waals surface area contributed by atoms with E-state index in [9.17, 15) is 9.59 Å². The third kappa shape index (κ3) is 3.39. The Kier molecular flexibility index (Phi) is 4.92. The fraction of sp³-hybridized carbons (Fsp3) is 0.304. The van der Waals surface area contributed by atoms with Gasteiger partial charge in [-0.1, -0.05) is 12.1 Å². The Morgan fingerprint density at radius 1 is 0.889 bits per heavy atom. The van der Waals surface area contributed by atoms with E-state index in [1.165, 1.54) is 11.6 Å². The second-order valence-corrected chi connectivity index (χ2v) is 7.17. The van der Waals surface area contributed by atoms with Gasteiger partial charge in [0.2, 0.25) is 0 Å². The average molecular weight is 364 g/mol. The largest absolute Gasteiger partial charge is 0.457 e. The van der Waals surface area contributed by atoms with Crippen LogP contribution in [0.5, 0.6) is 0 Å². The molecule has 0 saturated heterocycles. The first kappa shape index (κ1) is 18.9. The van der Waals surface area contributed by atoms with Crippen molar-refractivity contribution in [1.29, 1.82) is 0 Å². The summed E-state index contributed by atoms with van der Waals surface area (Å²) in [4.78, 5) is 24.7. The van der Waals surface area contributed by atoms with Crippen LogP contribution in [0.4, 0.5) is 0 Å². The Morgan fingerprint density at radius 2 is 1.48 bits per heavy atom. The molecule has 140 valence electrons. The van der Waals surface area contributed by atoms with Crippen LogP contribution in [0.25, 0.3) is 11.0 Å². The first-order valence-corrected chi connectivity index (χ1v) is 8.98. The molecule has 0 atom stereocenters. The molecule has 1 aromatic heterocycles. The zero-order chi connectivity index (χ0) is 19.9. The van der Waals surface area contributed by atoms with Crippen molar-refractivity contribution >= 4 is 16.9 Å². The lowest BCUT2D eigenvalue weighted by Gasteiger charge is -2.18. The van der Waals surface area contributed by atoms with Gasteiger partial charge in [0.1, 0.15) is 12.2 Å². The molecule has 0 aliphatic rings. The van der Waals surface area contributed by atoms with Crippen molar-refractivity contribution in [1.82, 2.24) is 0 Å². The molecule has 3 rings (SSSR count). The number of benzene rings is 2. The number of fused-ring (bicyclic) bond motifs is 1. The van der Waals surface area contributed by atoms with Crippen molar-refractivity contribution in [3.05, 3.63) is 79.2 Å². The van der Waals surface area contributed by atoms with Crippen LogP contribution in [-0.4, -0.2) is 5.97 Å². The molecule has 3 aromatic rings. The van der Waals surface area contributed by atoms with E-state index in [0.717, 1.165) is 33.2 Å². The van der Waals surface area contributed by atoms with Gasteiger partial charge >= 0.3 is 11.6 Å². The van der Waals surface area contributed by atoms with E-state index in [1.54, 1.807) is 0 Å². The van der Waals surface area contributed by atoms with E-state index in [4.69, 9.17) is 9.15 Å². The van der Waals surface area contributed by atoms with Gasteiger partial charge in [-0.3, -0.25) is 0 Å². The summed E-state index contributed by atoms with van der Waals surface area (Å²) in [7, 11) is 0. The second-order valence-electron chi connectivity index (χ2n) is 7.17. The molecular formula is C23H24O4. The smallest absolute Gasteiger partial charge is 0.339 e. The molecule has 0 unspecified atom stereocenters. The van der Waals surface area contributed by atoms with Gasteiger partial charge in [0.25, 0.3) is 0 Å². The van der Waals surface area contributed by atoms with E-state index in [2.05, 4.69) is 6.92 Å². The minimum Gasteiger partial charge on any atom is -0.457 e. The highest BCUT2D eigenvalue weighted by Gasteiger charge is 2.20. The molecular weight excluding hydrogens is 340 g/mol. The molecule has 0 N–H and O–H groups in total. The van der Waals surface area contributed by atoms with E-state index in [0.29, 0.717) is 16.7 Å². The van der Waals surface area contributed by atoms with E-state index >= 15 is 0 Å². The van der Waals surface area contributed by atoms with Gasteiger partial charge in [-0.2, -0.15) is 0 Å². The maximum Gasteiger partial charge on any atom is 0.339 e. The van der Waals surface area contributed by atoms with Crippen molar-refractivity contribution in [2.75, 3.05) is 0 Å². The summed E-state index contributed by atoms with van der Waals surface area (Å²) in [5.41, 5.74) is 7.58. The van der Waals surface area contributed by atoms with Crippen molar-refractivity contribution < 1.29 is 13.9 Å². The van der Waals surface area contributed by atoms with E-state index in [1.807, 2.05) is 52.8 Å². The molecule has 0 radical (unpaired) electrons. The molecule has 0 aliphatic heterocycles. The normalized spacial score (nSPS) is 11.0. The number of carbonyl (C=O) groups is 1. The zero-order valence-corrected chi connectivity index (χ0v) is 16.6. The van der Waals surface area contributed by atoms with Crippen molar-refractivity contribution in [3.63, 3.8) is 0 Å². The minimum atomic E-state index is -0.450. The monoisotopic (exact) mass is 364 g/mol. The summed E-state index contributed by atoms with van der Waals surface area (Å²) in [5.74, 6) is -0.371. The fourth-order valence-electron chi connectivity index (χ4n) is 3.48. The molecule has 0 aliphatic carbocycles.